The fourth-order valence-electron chi connectivity index (χ4n) is 5.28. The molecule has 0 aliphatic heterocycles. The first-order valence-corrected chi connectivity index (χ1v) is 19.2. The lowest BCUT2D eigenvalue weighted by Crippen LogP contribution is -2.49. The van der Waals surface area contributed by atoms with Crippen molar-refractivity contribution in [1.82, 2.24) is 25.2 Å². The number of nitrogens with zero attached hydrogens (tertiary/aromatic N) is 1. The zero-order valence-corrected chi connectivity index (χ0v) is 30.8. The van der Waals surface area contributed by atoms with Crippen LogP contribution in [0.4, 0.5) is 0 Å². The second-order valence-electron chi connectivity index (χ2n) is 12.1. The molecule has 1 heterocycles. The summed E-state index contributed by atoms with van der Waals surface area (Å²) in [5, 5.41) is 17.3. The Balaban J connectivity index is 1.54. The third-order valence-electron chi connectivity index (χ3n) is 7.79. The number of aromatic nitrogens is 1. The number of amides is 3. The van der Waals surface area contributed by atoms with Crippen LogP contribution in [0.3, 0.4) is 0 Å². The van der Waals surface area contributed by atoms with Gasteiger partial charge >= 0.3 is 5.97 Å². The lowest BCUT2D eigenvalue weighted by atomic mass is 10.1. The van der Waals surface area contributed by atoms with Crippen LogP contribution in [0.2, 0.25) is 0 Å². The fraction of sp³-hybridized carbons (Fsp3) is 0.406. The highest BCUT2D eigenvalue weighted by atomic mass is 32.2. The molecule has 1 aromatic heterocycles. The SMILES string of the molecule is Cc1cc(OCCCC(=O)NCCNC(=O)[C@@H](N)CS(=O)(=O)O)cc(C)c1S(=O)(=O)N[C@@H](CNC(=O)c1cn(C)c2cc(CN)ccc2c1=O)C(=O)O. The number of ether oxygens (including phenoxy) is 1. The van der Waals surface area contributed by atoms with Crippen molar-refractivity contribution < 1.29 is 50.4 Å². The number of aliphatic carboxylic acids is 1. The number of carboxylic acid groups (broad SMARTS) is 1. The average molecular weight is 782 g/mol. The van der Waals surface area contributed by atoms with E-state index < -0.39 is 67.7 Å². The van der Waals surface area contributed by atoms with E-state index in [1.807, 2.05) is 0 Å². The molecule has 0 saturated carbocycles. The summed E-state index contributed by atoms with van der Waals surface area (Å²) < 4.78 is 66.5. The van der Waals surface area contributed by atoms with Gasteiger partial charge < -0.3 is 41.8 Å². The van der Waals surface area contributed by atoms with Crippen LogP contribution in [-0.4, -0.2) is 98.8 Å². The van der Waals surface area contributed by atoms with Gasteiger partial charge in [-0.05, 0) is 61.2 Å². The molecule has 21 heteroatoms. The summed E-state index contributed by atoms with van der Waals surface area (Å²) in [4.78, 5) is 61.7. The van der Waals surface area contributed by atoms with E-state index in [4.69, 9.17) is 20.8 Å². The predicted octanol–water partition coefficient (Wildman–Crippen LogP) is -1.62. The average Bonchev–Trinajstić information content (AvgIpc) is 3.06. The molecule has 0 unspecified atom stereocenters. The molecule has 290 valence electrons. The Labute approximate surface area is 305 Å². The van der Waals surface area contributed by atoms with E-state index in [-0.39, 0.29) is 72.0 Å². The lowest BCUT2D eigenvalue weighted by molar-refractivity contribution is -0.138. The topological polar surface area (TPSA) is 308 Å². The minimum Gasteiger partial charge on any atom is -0.494 e. The molecule has 0 saturated heterocycles. The van der Waals surface area contributed by atoms with Crippen molar-refractivity contribution in [2.75, 3.05) is 32.0 Å². The molecule has 3 amide bonds. The number of carbonyl (C=O) groups excluding carboxylic acids is 3. The molecule has 3 aromatic rings. The van der Waals surface area contributed by atoms with Gasteiger partial charge in [0.1, 0.15) is 23.4 Å². The zero-order valence-electron chi connectivity index (χ0n) is 29.2. The van der Waals surface area contributed by atoms with Crippen molar-refractivity contribution in [2.45, 2.75) is 50.2 Å². The van der Waals surface area contributed by atoms with Gasteiger partial charge in [0.05, 0.1) is 22.8 Å². The van der Waals surface area contributed by atoms with Gasteiger partial charge in [0.15, 0.2) is 0 Å². The molecule has 0 bridgehead atoms. The van der Waals surface area contributed by atoms with Crippen molar-refractivity contribution in [1.29, 1.82) is 0 Å². The quantitative estimate of drug-likeness (QED) is 0.0501. The minimum atomic E-state index is -4.45. The molecule has 3 rings (SSSR count). The number of benzene rings is 2. The number of carbonyl (C=O) groups is 4. The monoisotopic (exact) mass is 781 g/mol. The van der Waals surface area contributed by atoms with E-state index in [0.29, 0.717) is 11.3 Å². The van der Waals surface area contributed by atoms with Gasteiger partial charge in [-0.3, -0.25) is 28.5 Å². The highest BCUT2D eigenvalue weighted by Crippen LogP contribution is 2.26. The summed E-state index contributed by atoms with van der Waals surface area (Å²) in [6.07, 6.45) is 1.61. The molecule has 0 fully saturated rings. The third-order valence-corrected chi connectivity index (χ3v) is 10.3. The van der Waals surface area contributed by atoms with Gasteiger partial charge in [0.25, 0.3) is 16.0 Å². The third kappa shape index (κ3) is 12.1. The maximum absolute atomic E-state index is 13.4. The number of aryl methyl sites for hydroxylation is 3. The van der Waals surface area contributed by atoms with E-state index in [2.05, 4.69) is 20.7 Å². The minimum absolute atomic E-state index is 0.0302. The van der Waals surface area contributed by atoms with Crippen molar-refractivity contribution >= 4 is 54.7 Å². The molecule has 0 radical (unpaired) electrons. The number of fused-ring (bicyclic) bond motifs is 1. The first-order chi connectivity index (χ1) is 24.7. The van der Waals surface area contributed by atoms with Crippen LogP contribution < -0.4 is 42.3 Å². The number of pyridine rings is 1. The Morgan fingerprint density at radius 2 is 1.62 bits per heavy atom. The van der Waals surface area contributed by atoms with Gasteiger partial charge in [0.2, 0.25) is 27.3 Å². The largest absolute Gasteiger partial charge is 0.494 e. The summed E-state index contributed by atoms with van der Waals surface area (Å²) in [5.74, 6) is -4.29. The summed E-state index contributed by atoms with van der Waals surface area (Å²) in [6.45, 7) is 2.62. The summed E-state index contributed by atoms with van der Waals surface area (Å²) >= 11 is 0. The second kappa shape index (κ2) is 18.2. The Kier molecular flexibility index (Phi) is 14.6. The molecule has 19 nitrogen and oxygen atoms in total. The van der Waals surface area contributed by atoms with E-state index in [0.717, 1.165) is 5.56 Å². The van der Waals surface area contributed by atoms with E-state index in [1.165, 1.54) is 32.2 Å². The zero-order chi connectivity index (χ0) is 39.7. The van der Waals surface area contributed by atoms with E-state index in [9.17, 15) is 45.9 Å². The Morgan fingerprint density at radius 1 is 0.981 bits per heavy atom. The highest BCUT2D eigenvalue weighted by Gasteiger charge is 2.29. The van der Waals surface area contributed by atoms with Crippen LogP contribution in [0.15, 0.2) is 46.2 Å². The maximum Gasteiger partial charge on any atom is 0.323 e. The first-order valence-electron chi connectivity index (χ1n) is 16.1. The molecule has 0 spiro atoms. The number of nitrogens with two attached hydrogens (primary N) is 2. The second-order valence-corrected chi connectivity index (χ2v) is 15.2. The van der Waals surface area contributed by atoms with Crippen molar-refractivity contribution in [3.05, 3.63) is 69.0 Å². The number of carboxylic acids is 1. The van der Waals surface area contributed by atoms with E-state index >= 15 is 0 Å². The van der Waals surface area contributed by atoms with Crippen molar-refractivity contribution in [2.24, 2.45) is 18.5 Å². The fourth-order valence-corrected chi connectivity index (χ4v) is 7.53. The number of nitrogens with one attached hydrogen (secondary N) is 4. The van der Waals surface area contributed by atoms with Crippen LogP contribution in [-0.2, 0) is 48.1 Å². The number of sulfonamides is 1. The molecule has 2 atom stereocenters. The van der Waals surface area contributed by atoms with Gasteiger partial charge in [-0.25, -0.2) is 8.42 Å². The van der Waals surface area contributed by atoms with Gasteiger partial charge in [-0.15, -0.1) is 0 Å². The molecule has 2 aromatic carbocycles. The van der Waals surface area contributed by atoms with Crippen LogP contribution >= 0.6 is 0 Å². The first kappa shape index (κ1) is 42.5. The molecule has 0 aliphatic carbocycles. The molecule has 10 N–H and O–H groups in total. The molecule has 0 aliphatic rings. The Bertz CT molecular complexity index is 2130. The molecular weight excluding hydrogens is 739 g/mol. The van der Waals surface area contributed by atoms with Crippen molar-refractivity contribution in [3.63, 3.8) is 0 Å². The van der Waals surface area contributed by atoms with E-state index in [1.54, 1.807) is 29.8 Å². The van der Waals surface area contributed by atoms with Crippen LogP contribution in [0.5, 0.6) is 5.75 Å². The van der Waals surface area contributed by atoms with Gasteiger partial charge in [-0.1, -0.05) is 6.07 Å². The standard InChI is InChI=1S/C32H43N7O12S2/c1-18-11-21(51-10-4-5-27(40)35-8-9-36-31(43)24(34)17-52(46,47)48)12-19(2)29(18)53(49,50)38-25(32(44)45)15-37-30(42)23-16-39(3)26-13-20(14-33)6-7-22(26)28(23)41/h6-7,11-13,16,24-25,38H,4-5,8-10,14-15,17,33-34H2,1-3H3,(H,35,40)(H,36,43)(H,37,42)(H,44,45)(H,46,47,48)/t24-,25-/m0/s1. The summed E-state index contributed by atoms with van der Waals surface area (Å²) in [6, 6.07) is 4.52. The Hall–Kier alpha value is -4.93. The Morgan fingerprint density at radius 3 is 2.23 bits per heavy atom. The van der Waals surface area contributed by atoms with Crippen LogP contribution in [0.1, 0.15) is 39.9 Å². The normalized spacial score (nSPS) is 12.9. The summed E-state index contributed by atoms with van der Waals surface area (Å²) in [7, 11) is -7.25. The maximum atomic E-state index is 13.4. The predicted molar refractivity (Wildman–Crippen MR) is 192 cm³/mol. The number of hydrogen-bond donors (Lipinski definition) is 8. The molecule has 53 heavy (non-hydrogen) atoms. The molecular formula is C32H43N7O12S2. The van der Waals surface area contributed by atoms with Gasteiger partial charge in [0, 0.05) is 51.2 Å². The van der Waals surface area contributed by atoms with Crippen molar-refractivity contribution in [3.8, 4) is 5.75 Å². The van der Waals surface area contributed by atoms with Crippen LogP contribution in [0, 0.1) is 13.8 Å². The number of rotatable bonds is 19. The smallest absolute Gasteiger partial charge is 0.323 e. The van der Waals surface area contributed by atoms with Crippen LogP contribution in [0.25, 0.3) is 10.9 Å². The number of hydrogen-bond acceptors (Lipinski definition) is 12. The lowest BCUT2D eigenvalue weighted by Gasteiger charge is -2.19. The summed E-state index contributed by atoms with van der Waals surface area (Å²) in [5.41, 5.74) is 12.0. The highest BCUT2D eigenvalue weighted by molar-refractivity contribution is 7.89. The van der Waals surface area contributed by atoms with Gasteiger partial charge in [-0.2, -0.15) is 13.1 Å².